The number of rotatable bonds is 7. The SMILES string of the molecule is CC(C)CCNC(=O)C1CCCN(Cc2nc(-c3ccccc3)no2)C1. The van der Waals surface area contributed by atoms with Crippen molar-refractivity contribution in [2.75, 3.05) is 19.6 Å². The molecule has 1 saturated heterocycles. The van der Waals surface area contributed by atoms with E-state index in [0.717, 1.165) is 44.5 Å². The highest BCUT2D eigenvalue weighted by atomic mass is 16.5. The van der Waals surface area contributed by atoms with E-state index in [1.54, 1.807) is 0 Å². The fraction of sp³-hybridized carbons (Fsp3) is 0.550. The lowest BCUT2D eigenvalue weighted by atomic mass is 9.97. The Morgan fingerprint density at radius 3 is 2.92 bits per heavy atom. The summed E-state index contributed by atoms with van der Waals surface area (Å²) in [6.45, 7) is 7.40. The Balaban J connectivity index is 1.52. The first-order valence-corrected chi connectivity index (χ1v) is 9.50. The summed E-state index contributed by atoms with van der Waals surface area (Å²) >= 11 is 0. The number of hydrogen-bond acceptors (Lipinski definition) is 5. The molecular weight excluding hydrogens is 328 g/mol. The average Bonchev–Trinajstić information content (AvgIpc) is 3.11. The lowest BCUT2D eigenvalue weighted by Gasteiger charge is -2.30. The summed E-state index contributed by atoms with van der Waals surface area (Å²) < 4.78 is 5.41. The largest absolute Gasteiger partial charge is 0.356 e. The molecule has 1 unspecified atom stereocenters. The molecule has 0 aliphatic carbocycles. The number of piperidine rings is 1. The molecule has 1 amide bonds. The number of benzene rings is 1. The Morgan fingerprint density at radius 2 is 2.15 bits per heavy atom. The predicted octanol–water partition coefficient (Wildman–Crippen LogP) is 3.11. The minimum Gasteiger partial charge on any atom is -0.356 e. The highest BCUT2D eigenvalue weighted by molar-refractivity contribution is 5.78. The van der Waals surface area contributed by atoms with Gasteiger partial charge in [0.2, 0.25) is 17.6 Å². The van der Waals surface area contributed by atoms with Gasteiger partial charge < -0.3 is 9.84 Å². The maximum Gasteiger partial charge on any atom is 0.241 e. The highest BCUT2D eigenvalue weighted by Crippen LogP contribution is 2.20. The third-order valence-corrected chi connectivity index (χ3v) is 4.76. The Kier molecular flexibility index (Phi) is 6.39. The molecule has 140 valence electrons. The Labute approximate surface area is 155 Å². The van der Waals surface area contributed by atoms with E-state index in [4.69, 9.17) is 4.52 Å². The predicted molar refractivity (Wildman–Crippen MR) is 100 cm³/mol. The first kappa shape index (κ1) is 18.6. The molecule has 6 nitrogen and oxygen atoms in total. The summed E-state index contributed by atoms with van der Waals surface area (Å²) in [5.74, 6) is 2.04. The smallest absolute Gasteiger partial charge is 0.241 e. The minimum absolute atomic E-state index is 0.0485. The second-order valence-electron chi connectivity index (χ2n) is 7.43. The van der Waals surface area contributed by atoms with Crippen molar-refractivity contribution < 1.29 is 9.32 Å². The number of nitrogens with zero attached hydrogens (tertiary/aromatic N) is 3. The molecular formula is C20H28N4O2. The Morgan fingerprint density at radius 1 is 1.35 bits per heavy atom. The summed E-state index contributed by atoms with van der Waals surface area (Å²) in [5, 5.41) is 7.15. The Hall–Kier alpha value is -2.21. The summed E-state index contributed by atoms with van der Waals surface area (Å²) in [4.78, 5) is 19.1. The van der Waals surface area contributed by atoms with Crippen molar-refractivity contribution in [1.29, 1.82) is 0 Å². The van der Waals surface area contributed by atoms with Crippen LogP contribution in [0, 0.1) is 11.8 Å². The van der Waals surface area contributed by atoms with E-state index >= 15 is 0 Å². The van der Waals surface area contributed by atoms with Crippen molar-refractivity contribution in [3.05, 3.63) is 36.2 Å². The third-order valence-electron chi connectivity index (χ3n) is 4.76. The normalized spacial score (nSPS) is 18.2. The van der Waals surface area contributed by atoms with Crippen molar-refractivity contribution in [2.45, 2.75) is 39.7 Å². The van der Waals surface area contributed by atoms with E-state index < -0.39 is 0 Å². The third kappa shape index (κ3) is 5.14. The highest BCUT2D eigenvalue weighted by Gasteiger charge is 2.26. The van der Waals surface area contributed by atoms with Gasteiger partial charge in [-0.2, -0.15) is 4.98 Å². The second-order valence-corrected chi connectivity index (χ2v) is 7.43. The number of nitrogens with one attached hydrogen (secondary N) is 1. The van der Waals surface area contributed by atoms with Gasteiger partial charge in [-0.25, -0.2) is 0 Å². The van der Waals surface area contributed by atoms with Crippen LogP contribution in [0.25, 0.3) is 11.4 Å². The van der Waals surface area contributed by atoms with Crippen molar-refractivity contribution in [3.63, 3.8) is 0 Å². The summed E-state index contributed by atoms with van der Waals surface area (Å²) in [6, 6.07) is 9.81. The van der Waals surface area contributed by atoms with Crippen molar-refractivity contribution in [3.8, 4) is 11.4 Å². The fourth-order valence-corrected chi connectivity index (χ4v) is 3.26. The molecule has 3 rings (SSSR count). The zero-order valence-electron chi connectivity index (χ0n) is 15.6. The number of carbonyl (C=O) groups excluding carboxylic acids is 1. The van der Waals surface area contributed by atoms with E-state index in [2.05, 4.69) is 34.2 Å². The van der Waals surface area contributed by atoms with Gasteiger partial charge in [-0.15, -0.1) is 0 Å². The van der Waals surface area contributed by atoms with Gasteiger partial charge in [0.05, 0.1) is 12.5 Å². The van der Waals surface area contributed by atoms with Crippen LogP contribution in [0.1, 0.15) is 39.0 Å². The second kappa shape index (κ2) is 8.94. The first-order chi connectivity index (χ1) is 12.6. The van der Waals surface area contributed by atoms with E-state index in [1.807, 2.05) is 30.3 Å². The zero-order chi connectivity index (χ0) is 18.4. The lowest BCUT2D eigenvalue weighted by Crippen LogP contribution is -2.43. The molecule has 0 spiro atoms. The minimum atomic E-state index is 0.0485. The number of hydrogen-bond donors (Lipinski definition) is 1. The molecule has 6 heteroatoms. The van der Waals surface area contributed by atoms with Crippen LogP contribution in [0.5, 0.6) is 0 Å². The van der Waals surface area contributed by atoms with Crippen LogP contribution in [0.15, 0.2) is 34.9 Å². The van der Waals surface area contributed by atoms with E-state index in [9.17, 15) is 4.79 Å². The lowest BCUT2D eigenvalue weighted by molar-refractivity contribution is -0.126. The van der Waals surface area contributed by atoms with Crippen LogP contribution in [0.4, 0.5) is 0 Å². The molecule has 2 aromatic rings. The van der Waals surface area contributed by atoms with Gasteiger partial charge in [-0.1, -0.05) is 49.3 Å². The average molecular weight is 356 g/mol. The van der Waals surface area contributed by atoms with Gasteiger partial charge in [-0.05, 0) is 31.7 Å². The summed E-state index contributed by atoms with van der Waals surface area (Å²) in [6.07, 6.45) is 2.98. The van der Waals surface area contributed by atoms with Gasteiger partial charge in [0.1, 0.15) is 0 Å². The molecule has 1 N–H and O–H groups in total. The summed E-state index contributed by atoms with van der Waals surface area (Å²) in [5.41, 5.74) is 0.948. The number of amides is 1. The first-order valence-electron chi connectivity index (χ1n) is 9.50. The molecule has 0 saturated carbocycles. The van der Waals surface area contributed by atoms with Gasteiger partial charge >= 0.3 is 0 Å². The van der Waals surface area contributed by atoms with Crippen LogP contribution in [-0.4, -0.2) is 40.6 Å². The molecule has 1 aromatic carbocycles. The number of aromatic nitrogens is 2. The van der Waals surface area contributed by atoms with E-state index in [-0.39, 0.29) is 11.8 Å². The molecule has 26 heavy (non-hydrogen) atoms. The molecule has 0 radical (unpaired) electrons. The monoisotopic (exact) mass is 356 g/mol. The molecule has 1 fully saturated rings. The van der Waals surface area contributed by atoms with Crippen molar-refractivity contribution in [1.82, 2.24) is 20.4 Å². The molecule has 1 aromatic heterocycles. The van der Waals surface area contributed by atoms with Crippen LogP contribution in [0.3, 0.4) is 0 Å². The maximum atomic E-state index is 12.4. The molecule has 1 aliphatic rings. The van der Waals surface area contributed by atoms with Gasteiger partial charge in [0, 0.05) is 18.7 Å². The van der Waals surface area contributed by atoms with Crippen LogP contribution < -0.4 is 5.32 Å². The van der Waals surface area contributed by atoms with Crippen LogP contribution in [-0.2, 0) is 11.3 Å². The van der Waals surface area contributed by atoms with E-state index in [1.165, 1.54) is 0 Å². The molecule has 2 heterocycles. The quantitative estimate of drug-likeness (QED) is 0.825. The molecule has 1 aliphatic heterocycles. The van der Waals surface area contributed by atoms with Crippen LogP contribution in [0.2, 0.25) is 0 Å². The topological polar surface area (TPSA) is 71.3 Å². The van der Waals surface area contributed by atoms with Crippen LogP contribution >= 0.6 is 0 Å². The van der Waals surface area contributed by atoms with E-state index in [0.29, 0.717) is 24.2 Å². The molecule has 0 bridgehead atoms. The standard InChI is InChI=1S/C20H28N4O2/c1-15(2)10-11-21-20(25)17-9-6-12-24(13-17)14-18-22-19(23-26-18)16-7-4-3-5-8-16/h3-5,7-8,15,17H,6,9-14H2,1-2H3,(H,21,25). The maximum absolute atomic E-state index is 12.4. The van der Waals surface area contributed by atoms with Gasteiger partial charge in [-0.3, -0.25) is 9.69 Å². The summed E-state index contributed by atoms with van der Waals surface area (Å²) in [7, 11) is 0. The number of carbonyl (C=O) groups is 1. The van der Waals surface area contributed by atoms with Crippen molar-refractivity contribution in [2.24, 2.45) is 11.8 Å². The van der Waals surface area contributed by atoms with Gasteiger partial charge in [0.15, 0.2) is 0 Å². The molecule has 1 atom stereocenters. The number of likely N-dealkylation sites (tertiary alicyclic amines) is 1. The zero-order valence-corrected chi connectivity index (χ0v) is 15.6. The van der Waals surface area contributed by atoms with Crippen molar-refractivity contribution >= 4 is 5.91 Å². The fourth-order valence-electron chi connectivity index (χ4n) is 3.26. The Bertz CT molecular complexity index is 699. The van der Waals surface area contributed by atoms with Gasteiger partial charge in [0.25, 0.3) is 0 Å².